The Morgan fingerprint density at radius 1 is 1.12 bits per heavy atom. The van der Waals surface area contributed by atoms with Gasteiger partial charge in [-0.3, -0.25) is 4.79 Å². The van der Waals surface area contributed by atoms with Crippen LogP contribution in [-0.4, -0.2) is 22.6 Å². The van der Waals surface area contributed by atoms with E-state index in [-0.39, 0.29) is 12.2 Å². The molecule has 1 atom stereocenters. The van der Waals surface area contributed by atoms with Crippen LogP contribution in [0, 0.1) is 0 Å². The van der Waals surface area contributed by atoms with Crippen molar-refractivity contribution >= 4 is 40.8 Å². The summed E-state index contributed by atoms with van der Waals surface area (Å²) < 4.78 is 0. The van der Waals surface area contributed by atoms with Crippen molar-refractivity contribution in [2.24, 2.45) is 0 Å². The predicted octanol–water partition coefficient (Wildman–Crippen LogP) is 3.76. The molecule has 2 N–H and O–H groups in total. The number of urea groups is 1. The summed E-state index contributed by atoms with van der Waals surface area (Å²) in [5.74, 6) is -0.305. The molecular weight excluding hydrogens is 351 g/mol. The normalized spacial score (nSPS) is 20.4. The van der Waals surface area contributed by atoms with Gasteiger partial charge in [-0.15, -0.1) is 0 Å². The van der Waals surface area contributed by atoms with Crippen molar-refractivity contribution in [3.05, 3.63) is 58.1 Å². The summed E-state index contributed by atoms with van der Waals surface area (Å²) >= 11 is 11.9. The summed E-state index contributed by atoms with van der Waals surface area (Å²) in [6.45, 7) is 1.64. The number of amides is 3. The molecule has 7 heteroatoms. The number of rotatable bonds is 3. The van der Waals surface area contributed by atoms with Crippen molar-refractivity contribution in [2.75, 3.05) is 4.90 Å². The van der Waals surface area contributed by atoms with Crippen molar-refractivity contribution in [3.8, 4) is 5.75 Å². The summed E-state index contributed by atoms with van der Waals surface area (Å²) in [4.78, 5) is 26.2. The van der Waals surface area contributed by atoms with Gasteiger partial charge in [0, 0.05) is 16.5 Å². The number of aromatic hydroxyl groups is 1. The quantitative estimate of drug-likeness (QED) is 0.814. The molecule has 1 unspecified atom stereocenters. The number of benzene rings is 2. The van der Waals surface area contributed by atoms with Gasteiger partial charge < -0.3 is 10.4 Å². The summed E-state index contributed by atoms with van der Waals surface area (Å²) in [5, 5.41) is 12.9. The van der Waals surface area contributed by atoms with Crippen molar-refractivity contribution in [1.29, 1.82) is 0 Å². The molecule has 124 valence electrons. The summed E-state index contributed by atoms with van der Waals surface area (Å²) in [6.07, 6.45) is 0.247. The zero-order valence-corrected chi connectivity index (χ0v) is 14.2. The van der Waals surface area contributed by atoms with E-state index >= 15 is 0 Å². The fourth-order valence-electron chi connectivity index (χ4n) is 2.78. The molecule has 3 rings (SSSR count). The topological polar surface area (TPSA) is 69.6 Å². The molecule has 5 nitrogen and oxygen atoms in total. The van der Waals surface area contributed by atoms with Gasteiger partial charge in [0.1, 0.15) is 11.3 Å². The standard InChI is InChI=1S/C17H14Cl2N2O3/c1-17(9-10-3-2-4-14(22)5-10)15(23)21(16(24)20-17)13-7-11(18)6-12(19)8-13/h2-8,22H,9H2,1H3,(H,20,24). The molecule has 0 radical (unpaired) electrons. The highest BCUT2D eigenvalue weighted by Crippen LogP contribution is 2.31. The summed E-state index contributed by atoms with van der Waals surface area (Å²) in [6, 6.07) is 10.6. The molecule has 2 aromatic rings. The first-order valence-corrected chi connectivity index (χ1v) is 7.95. The number of hydrogen-bond acceptors (Lipinski definition) is 3. The molecule has 0 aliphatic carbocycles. The third kappa shape index (κ3) is 3.05. The van der Waals surface area contributed by atoms with Gasteiger partial charge in [-0.2, -0.15) is 0 Å². The third-order valence-corrected chi connectivity index (χ3v) is 4.27. The number of nitrogens with zero attached hydrogens (tertiary/aromatic N) is 1. The number of hydrogen-bond donors (Lipinski definition) is 2. The molecular formula is C17H14Cl2N2O3. The smallest absolute Gasteiger partial charge is 0.329 e. The van der Waals surface area contributed by atoms with E-state index in [0.717, 1.165) is 10.5 Å². The zero-order chi connectivity index (χ0) is 17.5. The number of phenolic OH excluding ortho intramolecular Hbond substituents is 1. The molecule has 1 saturated heterocycles. The lowest BCUT2D eigenvalue weighted by Gasteiger charge is -2.22. The van der Waals surface area contributed by atoms with Crippen molar-refractivity contribution in [2.45, 2.75) is 18.9 Å². The van der Waals surface area contributed by atoms with E-state index in [4.69, 9.17) is 23.2 Å². The Hall–Kier alpha value is -2.24. The fourth-order valence-corrected chi connectivity index (χ4v) is 3.30. The van der Waals surface area contributed by atoms with Gasteiger partial charge in [0.05, 0.1) is 5.69 Å². The van der Waals surface area contributed by atoms with Crippen LogP contribution in [0.3, 0.4) is 0 Å². The van der Waals surface area contributed by atoms with Crippen LogP contribution in [0.25, 0.3) is 0 Å². The molecule has 1 aliphatic heterocycles. The molecule has 0 aromatic heterocycles. The number of nitrogens with one attached hydrogen (secondary N) is 1. The van der Waals surface area contributed by atoms with Crippen LogP contribution in [0.5, 0.6) is 5.75 Å². The first-order valence-electron chi connectivity index (χ1n) is 7.19. The monoisotopic (exact) mass is 364 g/mol. The third-order valence-electron chi connectivity index (χ3n) is 3.83. The molecule has 1 aliphatic rings. The van der Waals surface area contributed by atoms with Crippen LogP contribution in [0.4, 0.5) is 10.5 Å². The van der Waals surface area contributed by atoms with Crippen LogP contribution in [-0.2, 0) is 11.2 Å². The first-order chi connectivity index (χ1) is 11.3. The molecule has 1 heterocycles. The fraction of sp³-hybridized carbons (Fsp3) is 0.176. The zero-order valence-electron chi connectivity index (χ0n) is 12.7. The number of carbonyl (C=O) groups is 2. The van der Waals surface area contributed by atoms with E-state index in [0.29, 0.717) is 15.7 Å². The molecule has 0 bridgehead atoms. The lowest BCUT2D eigenvalue weighted by Crippen LogP contribution is -2.46. The maximum absolute atomic E-state index is 12.8. The molecule has 1 fully saturated rings. The van der Waals surface area contributed by atoms with Gasteiger partial charge >= 0.3 is 6.03 Å². The van der Waals surface area contributed by atoms with E-state index in [1.807, 2.05) is 0 Å². The van der Waals surface area contributed by atoms with Crippen LogP contribution >= 0.6 is 23.2 Å². The maximum Gasteiger partial charge on any atom is 0.329 e. The summed E-state index contributed by atoms with van der Waals surface area (Å²) in [5.41, 5.74) is -0.0774. The number of phenols is 1. The lowest BCUT2D eigenvalue weighted by molar-refractivity contribution is -0.121. The second-order valence-electron chi connectivity index (χ2n) is 5.88. The van der Waals surface area contributed by atoms with E-state index in [9.17, 15) is 14.7 Å². The second kappa shape index (κ2) is 6.00. The Bertz CT molecular complexity index is 820. The number of halogens is 2. The van der Waals surface area contributed by atoms with Crippen LogP contribution < -0.4 is 10.2 Å². The highest BCUT2D eigenvalue weighted by molar-refractivity contribution is 6.35. The molecule has 2 aromatic carbocycles. The minimum absolute atomic E-state index is 0.103. The maximum atomic E-state index is 12.8. The number of imide groups is 1. The van der Waals surface area contributed by atoms with E-state index in [1.54, 1.807) is 31.2 Å². The van der Waals surface area contributed by atoms with Gasteiger partial charge in [-0.05, 0) is 42.8 Å². The Balaban J connectivity index is 1.93. The van der Waals surface area contributed by atoms with Gasteiger partial charge in [0.15, 0.2) is 0 Å². The Labute approximate surface area is 148 Å². The molecule has 0 spiro atoms. The van der Waals surface area contributed by atoms with Crippen molar-refractivity contribution in [1.82, 2.24) is 5.32 Å². The first kappa shape index (κ1) is 16.6. The van der Waals surface area contributed by atoms with E-state index < -0.39 is 17.5 Å². The Kier molecular flexibility index (Phi) is 4.15. The highest BCUT2D eigenvalue weighted by atomic mass is 35.5. The second-order valence-corrected chi connectivity index (χ2v) is 6.75. The van der Waals surface area contributed by atoms with Crippen molar-refractivity contribution in [3.63, 3.8) is 0 Å². The number of anilines is 1. The van der Waals surface area contributed by atoms with Crippen molar-refractivity contribution < 1.29 is 14.7 Å². The van der Waals surface area contributed by atoms with Gasteiger partial charge in [0.25, 0.3) is 5.91 Å². The minimum Gasteiger partial charge on any atom is -0.508 e. The van der Waals surface area contributed by atoms with Gasteiger partial charge in [0.2, 0.25) is 0 Å². The minimum atomic E-state index is -1.13. The number of carbonyl (C=O) groups excluding carboxylic acids is 2. The largest absolute Gasteiger partial charge is 0.508 e. The average Bonchev–Trinajstić information content (AvgIpc) is 2.67. The van der Waals surface area contributed by atoms with Crippen LogP contribution in [0.1, 0.15) is 12.5 Å². The van der Waals surface area contributed by atoms with Crippen LogP contribution in [0.2, 0.25) is 10.0 Å². The Morgan fingerprint density at radius 3 is 2.42 bits per heavy atom. The molecule has 3 amide bonds. The lowest BCUT2D eigenvalue weighted by atomic mass is 9.92. The molecule has 0 saturated carbocycles. The predicted molar refractivity (Wildman–Crippen MR) is 92.7 cm³/mol. The van der Waals surface area contributed by atoms with E-state index in [1.165, 1.54) is 18.2 Å². The SMILES string of the molecule is CC1(Cc2cccc(O)c2)NC(=O)N(c2cc(Cl)cc(Cl)c2)C1=O. The van der Waals surface area contributed by atoms with E-state index in [2.05, 4.69) is 5.32 Å². The van der Waals surface area contributed by atoms with Gasteiger partial charge in [-0.25, -0.2) is 9.69 Å². The average molecular weight is 365 g/mol. The Morgan fingerprint density at radius 2 is 1.79 bits per heavy atom. The molecule has 24 heavy (non-hydrogen) atoms. The van der Waals surface area contributed by atoms with Crippen LogP contribution in [0.15, 0.2) is 42.5 Å². The van der Waals surface area contributed by atoms with Gasteiger partial charge in [-0.1, -0.05) is 35.3 Å². The summed E-state index contributed by atoms with van der Waals surface area (Å²) in [7, 11) is 0. The highest BCUT2D eigenvalue weighted by Gasteiger charge is 2.48.